The van der Waals surface area contributed by atoms with E-state index in [1.807, 2.05) is 0 Å². The van der Waals surface area contributed by atoms with Crippen LogP contribution in [0.1, 0.15) is 41.0 Å². The number of rotatable bonds is 2. The molecule has 1 saturated heterocycles. The van der Waals surface area contributed by atoms with E-state index >= 15 is 0 Å². The maximum absolute atomic E-state index is 12.0. The highest BCUT2D eigenvalue weighted by Gasteiger charge is 2.42. The van der Waals surface area contributed by atoms with Gasteiger partial charge in [0.15, 0.2) is 0 Å². The zero-order valence-electron chi connectivity index (χ0n) is 13.1. The lowest BCUT2D eigenvalue weighted by Gasteiger charge is -2.27. The summed E-state index contributed by atoms with van der Waals surface area (Å²) >= 11 is 0. The molecule has 1 fully saturated rings. The van der Waals surface area contributed by atoms with E-state index in [0.717, 1.165) is 4.90 Å². The summed E-state index contributed by atoms with van der Waals surface area (Å²) in [5, 5.41) is 9.67. The van der Waals surface area contributed by atoms with E-state index in [0.29, 0.717) is 0 Å². The van der Waals surface area contributed by atoms with Crippen LogP contribution in [0.15, 0.2) is 0 Å². The van der Waals surface area contributed by atoms with Crippen molar-refractivity contribution in [3.8, 4) is 0 Å². The minimum Gasteiger partial charge on any atom is -0.444 e. The molecule has 0 spiro atoms. The monoisotopic (exact) mass is 301 g/mol. The Bertz CT molecular complexity index is 426. The molecule has 0 aliphatic carbocycles. The summed E-state index contributed by atoms with van der Waals surface area (Å²) in [6.45, 7) is 8.28. The fraction of sp³-hybridized carbons (Fsp3) is 0.786. The van der Waals surface area contributed by atoms with Gasteiger partial charge in [-0.05, 0) is 20.8 Å². The number of hydrogen-bond acceptors (Lipinski definition) is 6. The number of amides is 1. The number of aliphatic hydroxyl groups excluding tert-OH is 1. The van der Waals surface area contributed by atoms with Crippen molar-refractivity contribution in [2.24, 2.45) is 5.92 Å². The highest BCUT2D eigenvalue weighted by atomic mass is 16.6. The molecular formula is C14H23NO6. The Labute approximate surface area is 124 Å². The predicted octanol–water partition coefficient (Wildman–Crippen LogP) is 1.08. The molecule has 0 aromatic carbocycles. The van der Waals surface area contributed by atoms with Gasteiger partial charge in [-0.1, -0.05) is 13.8 Å². The second-order valence-corrected chi connectivity index (χ2v) is 6.43. The summed E-state index contributed by atoms with van der Waals surface area (Å²) in [6.07, 6.45) is -1.52. The molecule has 1 aliphatic heterocycles. The van der Waals surface area contributed by atoms with Gasteiger partial charge in [0.25, 0.3) is 0 Å². The van der Waals surface area contributed by atoms with Gasteiger partial charge < -0.3 is 14.6 Å². The molecular weight excluding hydrogens is 278 g/mol. The lowest BCUT2D eigenvalue weighted by molar-refractivity contribution is -0.165. The van der Waals surface area contributed by atoms with Gasteiger partial charge in [-0.15, -0.1) is 0 Å². The average Bonchev–Trinajstić information content (AvgIpc) is 2.69. The summed E-state index contributed by atoms with van der Waals surface area (Å²) < 4.78 is 9.90. The molecule has 1 aliphatic rings. The summed E-state index contributed by atoms with van der Waals surface area (Å²) in [6, 6.07) is -1.00. The zero-order valence-corrected chi connectivity index (χ0v) is 13.1. The molecule has 7 heteroatoms. The van der Waals surface area contributed by atoms with Gasteiger partial charge in [0.2, 0.25) is 0 Å². The van der Waals surface area contributed by atoms with Crippen LogP contribution in [0.25, 0.3) is 0 Å². The van der Waals surface area contributed by atoms with E-state index in [9.17, 15) is 19.5 Å². The van der Waals surface area contributed by atoms with Crippen LogP contribution < -0.4 is 0 Å². The molecule has 1 amide bonds. The van der Waals surface area contributed by atoms with E-state index in [-0.39, 0.29) is 13.0 Å². The van der Waals surface area contributed by atoms with Crippen LogP contribution >= 0.6 is 0 Å². The van der Waals surface area contributed by atoms with Gasteiger partial charge in [-0.3, -0.25) is 9.69 Å². The lowest BCUT2D eigenvalue weighted by atomic mass is 10.2. The molecule has 0 saturated carbocycles. The third-order valence-corrected chi connectivity index (χ3v) is 2.85. The number of esters is 2. The summed E-state index contributed by atoms with van der Waals surface area (Å²) in [4.78, 5) is 36.6. The Morgan fingerprint density at radius 3 is 2.29 bits per heavy atom. The number of carbonyl (C=O) groups excluding carboxylic acids is 3. The van der Waals surface area contributed by atoms with E-state index < -0.39 is 41.7 Å². The van der Waals surface area contributed by atoms with Crippen molar-refractivity contribution in [2.75, 3.05) is 6.54 Å². The molecule has 21 heavy (non-hydrogen) atoms. The summed E-state index contributed by atoms with van der Waals surface area (Å²) in [5.74, 6) is -1.95. The molecule has 7 nitrogen and oxygen atoms in total. The highest BCUT2D eigenvalue weighted by Crippen LogP contribution is 2.22. The van der Waals surface area contributed by atoms with Gasteiger partial charge >= 0.3 is 18.0 Å². The van der Waals surface area contributed by atoms with E-state index in [1.54, 1.807) is 34.6 Å². The second kappa shape index (κ2) is 6.43. The number of likely N-dealkylation sites (tertiary alicyclic amines) is 1. The van der Waals surface area contributed by atoms with Crippen molar-refractivity contribution in [1.29, 1.82) is 0 Å². The van der Waals surface area contributed by atoms with Crippen molar-refractivity contribution >= 4 is 18.0 Å². The topological polar surface area (TPSA) is 93.1 Å². The van der Waals surface area contributed by atoms with Crippen LogP contribution in [-0.2, 0) is 19.1 Å². The van der Waals surface area contributed by atoms with E-state index in [1.165, 1.54) is 0 Å². The number of aliphatic hydroxyl groups is 1. The van der Waals surface area contributed by atoms with Gasteiger partial charge in [-0.2, -0.15) is 0 Å². The first-order valence-electron chi connectivity index (χ1n) is 6.94. The van der Waals surface area contributed by atoms with Crippen LogP contribution in [0.5, 0.6) is 0 Å². The molecule has 0 aromatic rings. The van der Waals surface area contributed by atoms with Crippen molar-refractivity contribution in [1.82, 2.24) is 4.90 Å². The van der Waals surface area contributed by atoms with Crippen LogP contribution in [0, 0.1) is 5.92 Å². The van der Waals surface area contributed by atoms with Gasteiger partial charge in [-0.25, -0.2) is 9.59 Å². The maximum Gasteiger partial charge on any atom is 0.411 e. The summed E-state index contributed by atoms with van der Waals surface area (Å²) in [7, 11) is 0. The van der Waals surface area contributed by atoms with Crippen LogP contribution in [0.3, 0.4) is 0 Å². The molecule has 1 rings (SSSR count). The second-order valence-electron chi connectivity index (χ2n) is 6.43. The number of ether oxygens (including phenoxy) is 2. The van der Waals surface area contributed by atoms with E-state index in [2.05, 4.69) is 0 Å². The Morgan fingerprint density at radius 2 is 1.81 bits per heavy atom. The van der Waals surface area contributed by atoms with Crippen LogP contribution in [0.2, 0.25) is 0 Å². The zero-order chi connectivity index (χ0) is 16.4. The fourth-order valence-corrected chi connectivity index (χ4v) is 1.84. The molecule has 0 radical (unpaired) electrons. The quantitative estimate of drug-likeness (QED) is 0.606. The normalized spacial score (nSPS) is 22.3. The Hall–Kier alpha value is -1.63. The summed E-state index contributed by atoms with van der Waals surface area (Å²) in [5.41, 5.74) is -0.715. The third-order valence-electron chi connectivity index (χ3n) is 2.85. The first kappa shape index (κ1) is 17.4. The molecule has 0 bridgehead atoms. The average molecular weight is 301 g/mol. The predicted molar refractivity (Wildman–Crippen MR) is 73.3 cm³/mol. The smallest absolute Gasteiger partial charge is 0.411 e. The minimum atomic E-state index is -1.00. The Kier molecular flexibility index (Phi) is 5.33. The number of nitrogens with zero attached hydrogens (tertiary/aromatic N) is 1. The van der Waals surface area contributed by atoms with Gasteiger partial charge in [0.05, 0.1) is 18.6 Å². The fourth-order valence-electron chi connectivity index (χ4n) is 1.84. The Balaban J connectivity index is 2.77. The molecule has 2 atom stereocenters. The minimum absolute atomic E-state index is 0.0233. The van der Waals surface area contributed by atoms with Gasteiger partial charge in [0, 0.05) is 6.42 Å². The van der Waals surface area contributed by atoms with E-state index in [4.69, 9.17) is 9.47 Å². The molecule has 1 heterocycles. The number of hydrogen-bond donors (Lipinski definition) is 1. The van der Waals surface area contributed by atoms with Crippen molar-refractivity contribution < 1.29 is 29.0 Å². The third kappa shape index (κ3) is 5.00. The van der Waals surface area contributed by atoms with Crippen LogP contribution in [0.4, 0.5) is 4.79 Å². The van der Waals surface area contributed by atoms with Crippen molar-refractivity contribution in [3.05, 3.63) is 0 Å². The standard InChI is InChI=1S/C14H23NO6/c1-8(2)11(17)20-12(18)10-6-9(16)7-15(10)13(19)21-14(3,4)5/h8-10,16H,6-7H2,1-5H3. The molecule has 1 N–H and O–H groups in total. The lowest BCUT2D eigenvalue weighted by Crippen LogP contribution is -2.44. The number of carbonyl (C=O) groups is 3. The first-order chi connectivity index (χ1) is 9.51. The van der Waals surface area contributed by atoms with Gasteiger partial charge in [0.1, 0.15) is 11.6 Å². The number of β-amino-alcohol motifs (C(OH)–C–C–N with tert-alkyl or cyclic N) is 1. The Morgan fingerprint density at radius 1 is 1.24 bits per heavy atom. The molecule has 0 aromatic heterocycles. The van der Waals surface area contributed by atoms with Crippen molar-refractivity contribution in [2.45, 2.75) is 58.8 Å². The van der Waals surface area contributed by atoms with Crippen molar-refractivity contribution in [3.63, 3.8) is 0 Å². The first-order valence-corrected chi connectivity index (χ1v) is 6.94. The highest BCUT2D eigenvalue weighted by molar-refractivity contribution is 5.91. The maximum atomic E-state index is 12.0. The largest absolute Gasteiger partial charge is 0.444 e. The van der Waals surface area contributed by atoms with Crippen LogP contribution in [-0.4, -0.2) is 52.3 Å². The SMILES string of the molecule is CC(C)C(=O)OC(=O)C1CC(O)CN1C(=O)OC(C)(C)C. The molecule has 120 valence electrons. The molecule has 2 unspecified atom stereocenters.